The first-order valence-electron chi connectivity index (χ1n) is 12.2. The minimum atomic E-state index is -3.86. The van der Waals surface area contributed by atoms with Crippen LogP contribution in [-0.2, 0) is 25.2 Å². The van der Waals surface area contributed by atoms with Crippen molar-refractivity contribution in [1.29, 1.82) is 0 Å². The lowest BCUT2D eigenvalue weighted by Gasteiger charge is -2.34. The Morgan fingerprint density at radius 2 is 1.68 bits per heavy atom. The second-order valence-electron chi connectivity index (χ2n) is 9.18. The van der Waals surface area contributed by atoms with Crippen molar-refractivity contribution in [2.45, 2.75) is 30.7 Å². The molecule has 0 bridgehead atoms. The van der Waals surface area contributed by atoms with Crippen molar-refractivity contribution in [3.63, 3.8) is 0 Å². The van der Waals surface area contributed by atoms with Gasteiger partial charge in [0.2, 0.25) is 15.9 Å². The van der Waals surface area contributed by atoms with Gasteiger partial charge in [0, 0.05) is 31.7 Å². The third kappa shape index (κ3) is 4.88. The highest BCUT2D eigenvalue weighted by Gasteiger charge is 2.52. The first kappa shape index (κ1) is 27.3. The van der Waals surface area contributed by atoms with Gasteiger partial charge in [-0.05, 0) is 43.2 Å². The van der Waals surface area contributed by atoms with Crippen molar-refractivity contribution < 1.29 is 32.3 Å². The van der Waals surface area contributed by atoms with Crippen LogP contribution in [0.15, 0.2) is 53.4 Å². The number of amides is 4. The van der Waals surface area contributed by atoms with Crippen molar-refractivity contribution in [3.05, 3.63) is 59.7 Å². The van der Waals surface area contributed by atoms with Gasteiger partial charge < -0.3 is 15.0 Å². The summed E-state index contributed by atoms with van der Waals surface area (Å²) in [5, 5.41) is 2.75. The van der Waals surface area contributed by atoms with Crippen molar-refractivity contribution in [2.75, 3.05) is 39.8 Å². The standard InChI is InChI=1S/C26H30N4O7S/c1-4-26(20-8-10-21(37-3)11-9-20)24(33)30(25(34)27-26)17-23(32)28-12-14-29(15-13-28)38(35,36)22-7-5-6-19(16-22)18(2)31/h5-11,16H,4,12-15,17H2,1-3H3,(H,27,34). The van der Waals surface area contributed by atoms with E-state index in [2.05, 4.69) is 5.32 Å². The summed E-state index contributed by atoms with van der Waals surface area (Å²) in [6, 6.07) is 12.0. The second kappa shape index (κ2) is 10.5. The zero-order valence-electron chi connectivity index (χ0n) is 21.5. The maximum atomic E-state index is 13.4. The number of methoxy groups -OCH3 is 1. The van der Waals surface area contributed by atoms with E-state index in [0.717, 1.165) is 4.90 Å². The second-order valence-corrected chi connectivity index (χ2v) is 11.1. The van der Waals surface area contributed by atoms with Gasteiger partial charge in [0.05, 0.1) is 12.0 Å². The molecule has 2 fully saturated rings. The number of ether oxygens (including phenoxy) is 1. The van der Waals surface area contributed by atoms with Gasteiger partial charge in [0.1, 0.15) is 17.8 Å². The normalized spacial score (nSPS) is 20.4. The van der Waals surface area contributed by atoms with E-state index < -0.39 is 40.0 Å². The summed E-state index contributed by atoms with van der Waals surface area (Å²) >= 11 is 0. The zero-order valence-corrected chi connectivity index (χ0v) is 22.3. The largest absolute Gasteiger partial charge is 0.497 e. The molecular formula is C26H30N4O7S. The fourth-order valence-corrected chi connectivity index (χ4v) is 6.19. The van der Waals surface area contributed by atoms with Crippen molar-refractivity contribution >= 4 is 33.7 Å². The molecule has 1 unspecified atom stereocenters. The summed E-state index contributed by atoms with van der Waals surface area (Å²) in [4.78, 5) is 53.2. The van der Waals surface area contributed by atoms with E-state index in [1.54, 1.807) is 37.3 Å². The predicted molar refractivity (Wildman–Crippen MR) is 137 cm³/mol. The third-order valence-electron chi connectivity index (χ3n) is 7.05. The van der Waals surface area contributed by atoms with Crippen LogP contribution in [-0.4, -0.2) is 86.0 Å². The molecule has 0 radical (unpaired) electrons. The summed E-state index contributed by atoms with van der Waals surface area (Å²) in [7, 11) is -2.33. The minimum absolute atomic E-state index is 0.0127. The van der Waals surface area contributed by atoms with E-state index in [9.17, 15) is 27.6 Å². The van der Waals surface area contributed by atoms with E-state index in [4.69, 9.17) is 4.74 Å². The average Bonchev–Trinajstić information content (AvgIpc) is 3.18. The molecule has 2 aromatic carbocycles. The number of Topliss-reactive ketones (excluding diaryl/α,β-unsaturated/α-hetero) is 1. The zero-order chi connectivity index (χ0) is 27.7. The van der Waals surface area contributed by atoms with Gasteiger partial charge in [-0.15, -0.1) is 0 Å². The number of hydrogen-bond acceptors (Lipinski definition) is 7. The third-order valence-corrected chi connectivity index (χ3v) is 8.95. The molecule has 2 aromatic rings. The number of imide groups is 1. The Labute approximate surface area is 221 Å². The maximum Gasteiger partial charge on any atom is 0.325 e. The molecule has 2 heterocycles. The van der Waals surface area contributed by atoms with E-state index in [1.807, 2.05) is 0 Å². The highest BCUT2D eigenvalue weighted by atomic mass is 32.2. The Hall–Kier alpha value is -3.77. The molecule has 12 heteroatoms. The molecule has 4 amide bonds. The summed E-state index contributed by atoms with van der Waals surface area (Å²) < 4.78 is 32.6. The first-order chi connectivity index (χ1) is 18.0. The Kier molecular flexibility index (Phi) is 7.56. The van der Waals surface area contributed by atoms with E-state index in [0.29, 0.717) is 16.9 Å². The molecular weight excluding hydrogens is 512 g/mol. The van der Waals surface area contributed by atoms with E-state index in [1.165, 1.54) is 41.4 Å². The summed E-state index contributed by atoms with van der Waals surface area (Å²) in [5.41, 5.74) is -0.404. The number of urea groups is 1. The Morgan fingerprint density at radius 1 is 1.03 bits per heavy atom. The molecule has 11 nitrogen and oxygen atoms in total. The number of hydrogen-bond donors (Lipinski definition) is 1. The lowest BCUT2D eigenvalue weighted by Crippen LogP contribution is -2.53. The highest BCUT2D eigenvalue weighted by molar-refractivity contribution is 7.89. The van der Waals surface area contributed by atoms with Crippen LogP contribution in [0.3, 0.4) is 0 Å². The monoisotopic (exact) mass is 542 g/mol. The summed E-state index contributed by atoms with van der Waals surface area (Å²) in [5.74, 6) is -0.602. The molecule has 38 heavy (non-hydrogen) atoms. The summed E-state index contributed by atoms with van der Waals surface area (Å²) in [6.07, 6.45) is 0.288. The predicted octanol–water partition coefficient (Wildman–Crippen LogP) is 1.59. The van der Waals surface area contributed by atoms with Gasteiger partial charge >= 0.3 is 6.03 Å². The van der Waals surface area contributed by atoms with Crippen LogP contribution in [0.1, 0.15) is 36.2 Å². The molecule has 1 N–H and O–H groups in total. The number of nitrogens with zero attached hydrogens (tertiary/aromatic N) is 3. The fourth-order valence-electron chi connectivity index (χ4n) is 4.72. The molecule has 202 valence electrons. The van der Waals surface area contributed by atoms with Crippen molar-refractivity contribution in [2.24, 2.45) is 0 Å². The molecule has 0 aliphatic carbocycles. The molecule has 0 spiro atoms. The SMILES string of the molecule is CCC1(c2ccc(OC)cc2)NC(=O)N(CC(=O)N2CCN(S(=O)(=O)c3cccc(C(C)=O)c3)CC2)C1=O. The number of nitrogens with one attached hydrogen (secondary N) is 1. The number of ketones is 1. The number of rotatable bonds is 8. The topological polar surface area (TPSA) is 133 Å². The van der Waals surface area contributed by atoms with Crippen LogP contribution >= 0.6 is 0 Å². The van der Waals surface area contributed by atoms with Crippen LogP contribution in [0.25, 0.3) is 0 Å². The first-order valence-corrected chi connectivity index (χ1v) is 13.6. The van der Waals surface area contributed by atoms with Gasteiger partial charge in [-0.25, -0.2) is 13.2 Å². The van der Waals surface area contributed by atoms with Crippen LogP contribution in [0.5, 0.6) is 5.75 Å². The van der Waals surface area contributed by atoms with Gasteiger partial charge in [-0.3, -0.25) is 19.3 Å². The number of benzene rings is 2. The van der Waals surface area contributed by atoms with Crippen LogP contribution < -0.4 is 10.1 Å². The van der Waals surface area contributed by atoms with Crippen molar-refractivity contribution in [1.82, 2.24) is 19.4 Å². The molecule has 1 atom stereocenters. The van der Waals surface area contributed by atoms with E-state index in [-0.39, 0.29) is 43.3 Å². The Bertz CT molecular complexity index is 1370. The van der Waals surface area contributed by atoms with Crippen LogP contribution in [0.2, 0.25) is 0 Å². The van der Waals surface area contributed by atoms with E-state index >= 15 is 0 Å². The molecule has 2 aliphatic rings. The Balaban J connectivity index is 1.42. The van der Waals surface area contributed by atoms with Gasteiger partial charge in [-0.1, -0.05) is 31.2 Å². The summed E-state index contributed by atoms with van der Waals surface area (Å²) in [6.45, 7) is 2.99. The number of carbonyl (C=O) groups excluding carboxylic acids is 4. The quantitative estimate of drug-likeness (QED) is 0.396. The number of carbonyl (C=O) groups is 4. The minimum Gasteiger partial charge on any atom is -0.497 e. The fraction of sp³-hybridized carbons (Fsp3) is 0.385. The molecule has 2 aliphatic heterocycles. The molecule has 4 rings (SSSR count). The van der Waals surface area contributed by atoms with Gasteiger partial charge in [-0.2, -0.15) is 4.31 Å². The van der Waals surface area contributed by atoms with Crippen LogP contribution in [0, 0.1) is 0 Å². The molecule has 2 saturated heterocycles. The number of piperazine rings is 1. The Morgan fingerprint density at radius 3 is 2.26 bits per heavy atom. The van der Waals surface area contributed by atoms with Crippen molar-refractivity contribution in [3.8, 4) is 5.75 Å². The molecule has 0 saturated carbocycles. The average molecular weight is 543 g/mol. The van der Waals surface area contributed by atoms with Gasteiger partial charge in [0.15, 0.2) is 5.78 Å². The maximum absolute atomic E-state index is 13.4. The lowest BCUT2D eigenvalue weighted by molar-refractivity contribution is -0.139. The van der Waals surface area contributed by atoms with Crippen LogP contribution in [0.4, 0.5) is 4.79 Å². The smallest absolute Gasteiger partial charge is 0.325 e. The number of sulfonamides is 1. The molecule has 0 aromatic heterocycles. The highest BCUT2D eigenvalue weighted by Crippen LogP contribution is 2.33. The van der Waals surface area contributed by atoms with Gasteiger partial charge in [0.25, 0.3) is 5.91 Å². The lowest BCUT2D eigenvalue weighted by atomic mass is 9.87.